The molecule has 1 aromatic carbocycles. The number of hydrogen-bond donors (Lipinski definition) is 1. The molecule has 1 aliphatic heterocycles. The highest BCUT2D eigenvalue weighted by atomic mass is 19.2. The van der Waals surface area contributed by atoms with E-state index < -0.39 is 11.6 Å². The molecule has 0 radical (unpaired) electrons. The van der Waals surface area contributed by atoms with Gasteiger partial charge in [-0.25, -0.2) is 8.78 Å². The Morgan fingerprint density at radius 1 is 1.39 bits per heavy atom. The van der Waals surface area contributed by atoms with Gasteiger partial charge in [0.15, 0.2) is 11.6 Å². The summed E-state index contributed by atoms with van der Waals surface area (Å²) in [6, 6.07) is 2.87. The lowest BCUT2D eigenvalue weighted by Crippen LogP contribution is -2.34. The average Bonchev–Trinajstić information content (AvgIpc) is 2.80. The third kappa shape index (κ3) is 1.72. The molecule has 0 aliphatic carbocycles. The number of halogens is 2. The van der Waals surface area contributed by atoms with Gasteiger partial charge in [0.25, 0.3) is 0 Å². The van der Waals surface area contributed by atoms with Crippen LogP contribution in [0, 0.1) is 17.6 Å². The maximum absolute atomic E-state index is 14.1. The van der Waals surface area contributed by atoms with E-state index in [1.54, 1.807) is 6.07 Å². The Labute approximate surface area is 104 Å². The molecule has 4 heteroatoms. The first-order chi connectivity index (χ1) is 8.68. The lowest BCUT2D eigenvalue weighted by molar-refractivity contribution is 0.337. The Hall–Kier alpha value is -1.42. The largest absolute Gasteiger partial charge is 0.464 e. The van der Waals surface area contributed by atoms with Crippen molar-refractivity contribution in [3.05, 3.63) is 35.6 Å². The van der Waals surface area contributed by atoms with E-state index in [-0.39, 0.29) is 11.8 Å². The summed E-state index contributed by atoms with van der Waals surface area (Å²) in [7, 11) is 0. The van der Waals surface area contributed by atoms with Crippen LogP contribution in [-0.4, -0.2) is 13.1 Å². The number of piperidine rings is 1. The summed E-state index contributed by atoms with van der Waals surface area (Å²) in [5.74, 6) is -1.26. The Bertz CT molecular complexity index is 578. The maximum atomic E-state index is 14.1. The number of furan rings is 1. The first-order valence-corrected chi connectivity index (χ1v) is 6.24. The zero-order valence-electron chi connectivity index (χ0n) is 10.2. The van der Waals surface area contributed by atoms with Crippen molar-refractivity contribution in [1.29, 1.82) is 0 Å². The minimum atomic E-state index is -0.787. The molecule has 2 heterocycles. The fourth-order valence-corrected chi connectivity index (χ4v) is 2.85. The highest BCUT2D eigenvalue weighted by Gasteiger charge is 2.29. The number of rotatable bonds is 1. The summed E-state index contributed by atoms with van der Waals surface area (Å²) in [5.41, 5.74) is 0.900. The fourth-order valence-electron chi connectivity index (χ4n) is 2.85. The molecule has 0 saturated carbocycles. The molecule has 1 saturated heterocycles. The number of fused-ring (bicyclic) bond motifs is 1. The second-order valence-corrected chi connectivity index (χ2v) is 5.00. The molecule has 0 bridgehead atoms. The van der Waals surface area contributed by atoms with Gasteiger partial charge < -0.3 is 9.73 Å². The minimum absolute atomic E-state index is 0.00981. The quantitative estimate of drug-likeness (QED) is 0.840. The summed E-state index contributed by atoms with van der Waals surface area (Å²) in [4.78, 5) is 0. The first kappa shape index (κ1) is 11.7. The molecule has 1 aromatic heterocycles. The van der Waals surface area contributed by atoms with E-state index in [2.05, 4.69) is 12.2 Å². The summed E-state index contributed by atoms with van der Waals surface area (Å²) in [6.07, 6.45) is 2.29. The van der Waals surface area contributed by atoms with Crippen LogP contribution in [0.4, 0.5) is 8.78 Å². The van der Waals surface area contributed by atoms with Crippen molar-refractivity contribution in [3.8, 4) is 0 Å². The van der Waals surface area contributed by atoms with E-state index in [4.69, 9.17) is 4.42 Å². The Balaban J connectivity index is 2.19. The van der Waals surface area contributed by atoms with Gasteiger partial charge in [0.1, 0.15) is 5.58 Å². The lowest BCUT2D eigenvalue weighted by atomic mass is 9.81. The van der Waals surface area contributed by atoms with Crippen LogP contribution in [0.3, 0.4) is 0 Å². The van der Waals surface area contributed by atoms with Gasteiger partial charge in [-0.05, 0) is 43.5 Å². The molecule has 1 aliphatic rings. The van der Waals surface area contributed by atoms with E-state index >= 15 is 0 Å². The SMILES string of the molecule is C[C@H]1CNCC[C@H]1c1c(F)c(F)cc2ccoc12. The summed E-state index contributed by atoms with van der Waals surface area (Å²) in [6.45, 7) is 3.70. The second-order valence-electron chi connectivity index (χ2n) is 5.00. The molecular weight excluding hydrogens is 236 g/mol. The summed E-state index contributed by atoms with van der Waals surface area (Å²) in [5, 5.41) is 3.90. The van der Waals surface area contributed by atoms with Gasteiger partial charge in [-0.15, -0.1) is 0 Å². The van der Waals surface area contributed by atoms with Gasteiger partial charge in [-0.2, -0.15) is 0 Å². The van der Waals surface area contributed by atoms with Crippen LogP contribution in [0.5, 0.6) is 0 Å². The molecule has 3 rings (SSSR count). The zero-order chi connectivity index (χ0) is 12.7. The molecule has 0 spiro atoms. The molecule has 2 aromatic rings. The number of nitrogens with one attached hydrogen (secondary N) is 1. The van der Waals surface area contributed by atoms with Crippen LogP contribution in [0.15, 0.2) is 22.8 Å². The van der Waals surface area contributed by atoms with Crippen molar-refractivity contribution in [2.45, 2.75) is 19.3 Å². The van der Waals surface area contributed by atoms with Gasteiger partial charge in [0, 0.05) is 10.9 Å². The molecule has 0 amide bonds. The van der Waals surface area contributed by atoms with Crippen molar-refractivity contribution in [2.24, 2.45) is 5.92 Å². The average molecular weight is 251 g/mol. The standard InChI is InChI=1S/C14H15F2NO/c1-8-7-17-4-2-10(8)12-13(16)11(15)6-9-3-5-18-14(9)12/h3,5-6,8,10,17H,2,4,7H2,1H3/t8-,10+/m0/s1. The van der Waals surface area contributed by atoms with Crippen molar-refractivity contribution in [1.82, 2.24) is 5.32 Å². The summed E-state index contributed by atoms with van der Waals surface area (Å²) >= 11 is 0. The molecule has 1 fully saturated rings. The van der Waals surface area contributed by atoms with Gasteiger partial charge in [0.2, 0.25) is 0 Å². The zero-order valence-corrected chi connectivity index (χ0v) is 10.2. The van der Waals surface area contributed by atoms with E-state index in [0.717, 1.165) is 19.5 Å². The Morgan fingerprint density at radius 2 is 2.22 bits per heavy atom. The van der Waals surface area contributed by atoms with Crippen LogP contribution < -0.4 is 5.32 Å². The van der Waals surface area contributed by atoms with E-state index in [0.29, 0.717) is 16.5 Å². The third-order valence-electron chi connectivity index (χ3n) is 3.82. The Morgan fingerprint density at radius 3 is 3.00 bits per heavy atom. The lowest BCUT2D eigenvalue weighted by Gasteiger charge is -2.30. The highest BCUT2D eigenvalue weighted by Crippen LogP contribution is 2.37. The van der Waals surface area contributed by atoms with Crippen LogP contribution in [0.1, 0.15) is 24.8 Å². The second kappa shape index (κ2) is 4.35. The molecular formula is C14H15F2NO. The molecule has 96 valence electrons. The van der Waals surface area contributed by atoms with E-state index in [9.17, 15) is 8.78 Å². The highest BCUT2D eigenvalue weighted by molar-refractivity contribution is 5.81. The predicted molar refractivity (Wildman–Crippen MR) is 65.5 cm³/mol. The molecule has 2 nitrogen and oxygen atoms in total. The van der Waals surface area contributed by atoms with E-state index in [1.165, 1.54) is 12.3 Å². The van der Waals surface area contributed by atoms with Crippen LogP contribution in [0.2, 0.25) is 0 Å². The predicted octanol–water partition coefficient (Wildman–Crippen LogP) is 3.42. The Kier molecular flexibility index (Phi) is 2.82. The van der Waals surface area contributed by atoms with Crippen LogP contribution in [0.25, 0.3) is 11.0 Å². The fraction of sp³-hybridized carbons (Fsp3) is 0.429. The molecule has 2 atom stereocenters. The van der Waals surface area contributed by atoms with Gasteiger partial charge in [0.05, 0.1) is 6.26 Å². The smallest absolute Gasteiger partial charge is 0.166 e. The summed E-state index contributed by atoms with van der Waals surface area (Å²) < 4.78 is 33.1. The third-order valence-corrected chi connectivity index (χ3v) is 3.82. The van der Waals surface area contributed by atoms with Crippen molar-refractivity contribution < 1.29 is 13.2 Å². The van der Waals surface area contributed by atoms with Crippen molar-refractivity contribution >= 4 is 11.0 Å². The molecule has 1 N–H and O–H groups in total. The van der Waals surface area contributed by atoms with Crippen molar-refractivity contribution in [2.75, 3.05) is 13.1 Å². The van der Waals surface area contributed by atoms with E-state index in [1.807, 2.05) is 0 Å². The molecule has 0 unspecified atom stereocenters. The van der Waals surface area contributed by atoms with Crippen LogP contribution >= 0.6 is 0 Å². The minimum Gasteiger partial charge on any atom is -0.464 e. The first-order valence-electron chi connectivity index (χ1n) is 6.24. The monoisotopic (exact) mass is 251 g/mol. The van der Waals surface area contributed by atoms with Gasteiger partial charge in [-0.1, -0.05) is 6.92 Å². The van der Waals surface area contributed by atoms with Crippen LogP contribution in [-0.2, 0) is 0 Å². The van der Waals surface area contributed by atoms with Gasteiger partial charge >= 0.3 is 0 Å². The van der Waals surface area contributed by atoms with Gasteiger partial charge in [-0.3, -0.25) is 0 Å². The topological polar surface area (TPSA) is 25.2 Å². The van der Waals surface area contributed by atoms with Crippen molar-refractivity contribution in [3.63, 3.8) is 0 Å². The number of hydrogen-bond acceptors (Lipinski definition) is 2. The maximum Gasteiger partial charge on any atom is 0.166 e. The molecule has 18 heavy (non-hydrogen) atoms. The normalized spacial score (nSPS) is 24.6. The number of benzene rings is 1.